The van der Waals surface area contributed by atoms with Crippen molar-refractivity contribution in [1.82, 2.24) is 4.98 Å². The molecule has 0 bridgehead atoms. The number of aromatic nitrogens is 1. The number of carbonyl (C=O) groups excluding carboxylic acids is 1. The molecule has 0 aliphatic carbocycles. The molecule has 2 N–H and O–H groups in total. The molecule has 0 saturated heterocycles. The number of hydrogen-bond acceptors (Lipinski definition) is 4. The van der Waals surface area contributed by atoms with Crippen molar-refractivity contribution in [3.8, 4) is 0 Å². The first-order valence-electron chi connectivity index (χ1n) is 5.34. The van der Waals surface area contributed by atoms with Crippen molar-refractivity contribution in [3.63, 3.8) is 0 Å². The van der Waals surface area contributed by atoms with Crippen molar-refractivity contribution >= 4 is 28.9 Å². The molecule has 0 fully saturated rings. The summed E-state index contributed by atoms with van der Waals surface area (Å²) in [4.78, 5) is 26.7. The third-order valence-electron chi connectivity index (χ3n) is 2.39. The summed E-state index contributed by atoms with van der Waals surface area (Å²) in [6.07, 6.45) is 0. The fourth-order valence-electron chi connectivity index (χ4n) is 1.48. The number of carboxylic acids is 1. The van der Waals surface area contributed by atoms with Gasteiger partial charge in [0.1, 0.15) is 5.69 Å². The Labute approximate surface area is 115 Å². The normalized spacial score (nSPS) is 10.3. The first-order valence-corrected chi connectivity index (χ1v) is 6.22. The lowest BCUT2D eigenvalue weighted by atomic mass is 10.1. The maximum absolute atomic E-state index is 13.1. The second kappa shape index (κ2) is 5.33. The Hall–Kier alpha value is -2.35. The van der Waals surface area contributed by atoms with Gasteiger partial charge >= 0.3 is 5.97 Å². The van der Waals surface area contributed by atoms with Crippen molar-refractivity contribution in [2.24, 2.45) is 0 Å². The molecule has 0 aliphatic heterocycles. The van der Waals surface area contributed by atoms with Crippen LogP contribution in [-0.2, 0) is 0 Å². The number of carboxylic acid groups (broad SMARTS) is 1. The molecule has 0 spiro atoms. The van der Waals surface area contributed by atoms with Gasteiger partial charge in [-0.05, 0) is 13.0 Å². The van der Waals surface area contributed by atoms with Gasteiger partial charge in [-0.15, -0.1) is 11.3 Å². The van der Waals surface area contributed by atoms with Crippen LogP contribution >= 0.6 is 11.3 Å². The van der Waals surface area contributed by atoms with E-state index in [1.165, 1.54) is 16.7 Å². The van der Waals surface area contributed by atoms with E-state index in [1.54, 1.807) is 6.92 Å². The molecule has 1 aromatic heterocycles. The van der Waals surface area contributed by atoms with Gasteiger partial charge in [-0.3, -0.25) is 4.79 Å². The lowest BCUT2D eigenvalue weighted by Crippen LogP contribution is -2.16. The molecular weight excluding hydrogens is 290 g/mol. The van der Waals surface area contributed by atoms with Gasteiger partial charge in [0.25, 0.3) is 5.91 Å². The fourth-order valence-corrected chi connectivity index (χ4v) is 2.07. The number of hydrogen-bond donors (Lipinski definition) is 2. The van der Waals surface area contributed by atoms with E-state index in [0.29, 0.717) is 17.1 Å². The summed E-state index contributed by atoms with van der Waals surface area (Å²) < 4.78 is 26.2. The first-order chi connectivity index (χ1) is 9.38. The number of aryl methyl sites for hydroxylation is 1. The number of thiazole rings is 1. The molecule has 104 valence electrons. The van der Waals surface area contributed by atoms with Crippen LogP contribution in [0.15, 0.2) is 17.5 Å². The van der Waals surface area contributed by atoms with Crippen LogP contribution in [0.3, 0.4) is 0 Å². The van der Waals surface area contributed by atoms with Gasteiger partial charge in [0.15, 0.2) is 11.6 Å². The first kappa shape index (κ1) is 14.1. The molecule has 1 aromatic carbocycles. The van der Waals surface area contributed by atoms with Crippen LogP contribution in [0.2, 0.25) is 0 Å². The Bertz CT molecular complexity index is 700. The van der Waals surface area contributed by atoms with Crippen molar-refractivity contribution in [1.29, 1.82) is 0 Å². The zero-order chi connectivity index (χ0) is 14.9. The SMILES string of the molecule is Cc1nc(C(=O)Nc2cc(F)c(F)cc2C(=O)O)cs1. The molecule has 8 heteroatoms. The number of nitrogens with zero attached hydrogens (tertiary/aromatic N) is 1. The molecule has 1 heterocycles. The minimum atomic E-state index is -1.48. The van der Waals surface area contributed by atoms with Crippen LogP contribution in [0.25, 0.3) is 0 Å². The van der Waals surface area contributed by atoms with Crippen molar-refractivity contribution in [2.45, 2.75) is 6.92 Å². The molecule has 1 amide bonds. The minimum absolute atomic E-state index is 0.0774. The third kappa shape index (κ3) is 2.80. The van der Waals surface area contributed by atoms with Crippen molar-refractivity contribution in [2.75, 3.05) is 5.32 Å². The lowest BCUT2D eigenvalue weighted by Gasteiger charge is -2.08. The average molecular weight is 298 g/mol. The van der Waals surface area contributed by atoms with Gasteiger partial charge in [0.05, 0.1) is 16.3 Å². The number of anilines is 1. The highest BCUT2D eigenvalue weighted by molar-refractivity contribution is 7.09. The number of amides is 1. The van der Waals surface area contributed by atoms with Crippen molar-refractivity contribution < 1.29 is 23.5 Å². The molecule has 2 aromatic rings. The van der Waals surface area contributed by atoms with E-state index < -0.39 is 29.1 Å². The Morgan fingerprint density at radius 1 is 1.30 bits per heavy atom. The van der Waals surface area contributed by atoms with E-state index in [4.69, 9.17) is 5.11 Å². The zero-order valence-corrected chi connectivity index (χ0v) is 10.9. The van der Waals surface area contributed by atoms with E-state index in [9.17, 15) is 18.4 Å². The molecule has 0 unspecified atom stereocenters. The topological polar surface area (TPSA) is 79.3 Å². The quantitative estimate of drug-likeness (QED) is 0.913. The number of aromatic carboxylic acids is 1. The van der Waals surface area contributed by atoms with E-state index in [0.717, 1.165) is 0 Å². The Balaban J connectivity index is 2.35. The highest BCUT2D eigenvalue weighted by Crippen LogP contribution is 2.21. The molecular formula is C12H8F2N2O3S. The third-order valence-corrected chi connectivity index (χ3v) is 3.16. The van der Waals surface area contributed by atoms with Crippen molar-refractivity contribution in [3.05, 3.63) is 45.4 Å². The number of rotatable bonds is 3. The van der Waals surface area contributed by atoms with Gasteiger partial charge in [-0.1, -0.05) is 0 Å². The van der Waals surface area contributed by atoms with Gasteiger partial charge in [0, 0.05) is 11.4 Å². The van der Waals surface area contributed by atoms with Crippen LogP contribution in [0, 0.1) is 18.6 Å². The zero-order valence-electron chi connectivity index (χ0n) is 10.1. The molecule has 2 rings (SSSR count). The summed E-state index contributed by atoms with van der Waals surface area (Å²) in [5.74, 6) is -4.72. The molecule has 20 heavy (non-hydrogen) atoms. The van der Waals surface area contributed by atoms with Gasteiger partial charge in [-0.2, -0.15) is 0 Å². The van der Waals surface area contributed by atoms with Gasteiger partial charge < -0.3 is 10.4 Å². The van der Waals surface area contributed by atoms with Gasteiger partial charge in [0.2, 0.25) is 0 Å². The maximum Gasteiger partial charge on any atom is 0.337 e. The lowest BCUT2D eigenvalue weighted by molar-refractivity contribution is 0.0697. The summed E-state index contributed by atoms with van der Waals surface area (Å²) in [6, 6.07) is 1.13. The van der Waals surface area contributed by atoms with Crippen LogP contribution in [-0.4, -0.2) is 22.0 Å². The minimum Gasteiger partial charge on any atom is -0.478 e. The largest absolute Gasteiger partial charge is 0.478 e. The summed E-state index contributed by atoms with van der Waals surface area (Å²) in [5, 5.41) is 13.3. The number of nitrogens with one attached hydrogen (secondary N) is 1. The van der Waals surface area contributed by atoms with E-state index in [-0.39, 0.29) is 11.4 Å². The summed E-state index contributed by atoms with van der Waals surface area (Å²) in [5.41, 5.74) is -0.787. The predicted octanol–water partition coefficient (Wildman–Crippen LogP) is 2.68. The fraction of sp³-hybridized carbons (Fsp3) is 0.0833. The Morgan fingerprint density at radius 2 is 1.95 bits per heavy atom. The Kier molecular flexibility index (Phi) is 3.75. The number of carbonyl (C=O) groups is 2. The second-order valence-corrected chi connectivity index (χ2v) is 4.89. The molecule has 0 aliphatic rings. The number of benzene rings is 1. The van der Waals surface area contributed by atoms with Crippen LogP contribution in [0.5, 0.6) is 0 Å². The predicted molar refractivity (Wildman–Crippen MR) is 68.1 cm³/mol. The van der Waals surface area contributed by atoms with Crippen LogP contribution in [0.1, 0.15) is 25.9 Å². The smallest absolute Gasteiger partial charge is 0.337 e. The highest BCUT2D eigenvalue weighted by atomic mass is 32.1. The van der Waals surface area contributed by atoms with Crippen LogP contribution in [0.4, 0.5) is 14.5 Å². The monoisotopic (exact) mass is 298 g/mol. The summed E-state index contributed by atoms with van der Waals surface area (Å²) in [7, 11) is 0. The molecule has 0 atom stereocenters. The maximum atomic E-state index is 13.1. The summed E-state index contributed by atoms with van der Waals surface area (Å²) in [6.45, 7) is 1.70. The van der Waals surface area contributed by atoms with E-state index in [2.05, 4.69) is 10.3 Å². The van der Waals surface area contributed by atoms with E-state index >= 15 is 0 Å². The van der Waals surface area contributed by atoms with E-state index in [1.807, 2.05) is 0 Å². The highest BCUT2D eigenvalue weighted by Gasteiger charge is 2.18. The van der Waals surface area contributed by atoms with Crippen LogP contribution < -0.4 is 5.32 Å². The van der Waals surface area contributed by atoms with Gasteiger partial charge in [-0.25, -0.2) is 18.6 Å². The second-order valence-electron chi connectivity index (χ2n) is 3.82. The summed E-state index contributed by atoms with van der Waals surface area (Å²) >= 11 is 1.24. The molecule has 0 radical (unpaired) electrons. The molecule has 5 nitrogen and oxygen atoms in total. The molecule has 0 saturated carbocycles. The standard InChI is InChI=1S/C12H8F2N2O3S/c1-5-15-10(4-20-5)11(17)16-9-3-8(14)7(13)2-6(9)12(18)19/h2-4H,1H3,(H,16,17)(H,18,19). The number of halogens is 2. The Morgan fingerprint density at radius 3 is 2.50 bits per heavy atom. The average Bonchev–Trinajstić information content (AvgIpc) is 2.80.